The molecule has 0 saturated heterocycles. The van der Waals surface area contributed by atoms with E-state index in [-0.39, 0.29) is 5.91 Å². The normalized spacial score (nSPS) is 11.5. The molecule has 0 saturated carbocycles. The number of ether oxygens (including phenoxy) is 1. The molecule has 1 N–H and O–H groups in total. The van der Waals surface area contributed by atoms with Crippen LogP contribution in [0.4, 0.5) is 0 Å². The average Bonchev–Trinajstić information content (AvgIpc) is 2.14. The number of hydrogen-bond acceptors (Lipinski definition) is 3. The van der Waals surface area contributed by atoms with Gasteiger partial charge in [-0.2, -0.15) is 0 Å². The predicted octanol–water partition coefficient (Wildman–Crippen LogP) is 0.630. The second kappa shape index (κ2) is 6.22. The molecule has 0 aromatic heterocycles. The van der Waals surface area contributed by atoms with Crippen molar-refractivity contribution in [2.45, 2.75) is 26.3 Å². The molecule has 0 bridgehead atoms. The number of nitrogens with one attached hydrogen (secondary N) is 1. The van der Waals surface area contributed by atoms with Crippen molar-refractivity contribution in [2.75, 3.05) is 6.61 Å². The molecule has 0 rings (SSSR count). The Balaban J connectivity index is 4.08. The third-order valence-electron chi connectivity index (χ3n) is 1.48. The van der Waals surface area contributed by atoms with Gasteiger partial charge in [-0.3, -0.25) is 4.79 Å². The van der Waals surface area contributed by atoms with Gasteiger partial charge in [-0.25, -0.2) is 4.79 Å². The molecule has 1 unspecified atom stereocenters. The summed E-state index contributed by atoms with van der Waals surface area (Å²) in [4.78, 5) is 22.0. The molecule has 0 aromatic carbocycles. The van der Waals surface area contributed by atoms with E-state index in [1.165, 1.54) is 0 Å². The van der Waals surface area contributed by atoms with Crippen molar-refractivity contribution in [3.8, 4) is 0 Å². The van der Waals surface area contributed by atoms with E-state index in [2.05, 4.69) is 11.9 Å². The van der Waals surface area contributed by atoms with E-state index in [0.717, 1.165) is 6.08 Å². The lowest BCUT2D eigenvalue weighted by Gasteiger charge is -2.13. The second-order valence-corrected chi connectivity index (χ2v) is 2.43. The Hall–Kier alpha value is -1.32. The van der Waals surface area contributed by atoms with E-state index in [4.69, 9.17) is 4.74 Å². The minimum Gasteiger partial charge on any atom is -0.464 e. The maximum Gasteiger partial charge on any atom is 0.328 e. The Bertz CT molecular complexity index is 201. The van der Waals surface area contributed by atoms with Gasteiger partial charge in [0.25, 0.3) is 0 Å². The molecule has 74 valence electrons. The average molecular weight is 185 g/mol. The minimum atomic E-state index is -0.564. The number of amides is 1. The van der Waals surface area contributed by atoms with Crippen LogP contribution < -0.4 is 5.32 Å². The highest BCUT2D eigenvalue weighted by molar-refractivity contribution is 5.90. The summed E-state index contributed by atoms with van der Waals surface area (Å²) in [7, 11) is 0. The molecule has 4 heteroatoms. The molecule has 0 heterocycles. The molecular formula is C9H15NO3. The van der Waals surface area contributed by atoms with Gasteiger partial charge in [0.1, 0.15) is 6.04 Å². The number of carbonyl (C=O) groups excluding carboxylic acids is 2. The first-order valence-corrected chi connectivity index (χ1v) is 4.25. The van der Waals surface area contributed by atoms with Gasteiger partial charge in [0.05, 0.1) is 6.61 Å². The first-order valence-electron chi connectivity index (χ1n) is 4.25. The van der Waals surface area contributed by atoms with Gasteiger partial charge in [-0.1, -0.05) is 13.5 Å². The molecular weight excluding hydrogens is 170 g/mol. The summed E-state index contributed by atoms with van der Waals surface area (Å²) < 4.78 is 4.75. The lowest BCUT2D eigenvalue weighted by molar-refractivity contribution is -0.147. The van der Waals surface area contributed by atoms with Gasteiger partial charge in [0, 0.05) is 0 Å². The predicted molar refractivity (Wildman–Crippen MR) is 49.1 cm³/mol. The van der Waals surface area contributed by atoms with Crippen LogP contribution in [0, 0.1) is 0 Å². The van der Waals surface area contributed by atoms with Gasteiger partial charge < -0.3 is 10.1 Å². The zero-order valence-corrected chi connectivity index (χ0v) is 8.00. The standard InChI is InChI=1S/C9H15NO3/c1-4-7(9(12)13-6-3)10-8(11)5-2/h5,7H,2,4,6H2,1,3H3,(H,10,11). The van der Waals surface area contributed by atoms with E-state index >= 15 is 0 Å². The SMILES string of the molecule is C=CC(=O)NC(CC)C(=O)OCC. The lowest BCUT2D eigenvalue weighted by atomic mass is 10.2. The highest BCUT2D eigenvalue weighted by Gasteiger charge is 2.18. The van der Waals surface area contributed by atoms with Gasteiger partial charge in [0.15, 0.2) is 0 Å². The first kappa shape index (κ1) is 11.7. The smallest absolute Gasteiger partial charge is 0.328 e. The summed E-state index contributed by atoms with van der Waals surface area (Å²) in [6.07, 6.45) is 1.64. The second-order valence-electron chi connectivity index (χ2n) is 2.43. The first-order chi connectivity index (χ1) is 6.15. The van der Waals surface area contributed by atoms with Gasteiger partial charge in [-0.15, -0.1) is 0 Å². The molecule has 1 atom stereocenters. The van der Waals surface area contributed by atoms with Crippen LogP contribution in [0.5, 0.6) is 0 Å². The molecule has 4 nitrogen and oxygen atoms in total. The van der Waals surface area contributed by atoms with Gasteiger partial charge in [0.2, 0.25) is 5.91 Å². The zero-order chi connectivity index (χ0) is 10.3. The van der Waals surface area contributed by atoms with E-state index < -0.39 is 12.0 Å². The number of esters is 1. The maximum absolute atomic E-state index is 11.2. The van der Waals surface area contributed by atoms with Crippen molar-refractivity contribution >= 4 is 11.9 Å². The number of carbonyl (C=O) groups is 2. The van der Waals surface area contributed by atoms with Crippen molar-refractivity contribution in [1.29, 1.82) is 0 Å². The van der Waals surface area contributed by atoms with Crippen molar-refractivity contribution in [2.24, 2.45) is 0 Å². The zero-order valence-electron chi connectivity index (χ0n) is 8.00. The van der Waals surface area contributed by atoms with Crippen LogP contribution in [0.2, 0.25) is 0 Å². The fourth-order valence-electron chi connectivity index (χ4n) is 0.801. The van der Waals surface area contributed by atoms with E-state index in [0.29, 0.717) is 13.0 Å². The Morgan fingerprint density at radius 1 is 1.54 bits per heavy atom. The quantitative estimate of drug-likeness (QED) is 0.505. The third-order valence-corrected chi connectivity index (χ3v) is 1.48. The van der Waals surface area contributed by atoms with Gasteiger partial charge >= 0.3 is 5.97 Å². The summed E-state index contributed by atoms with van der Waals surface area (Å²) in [5.74, 6) is -0.764. The van der Waals surface area contributed by atoms with Crippen LogP contribution in [0.3, 0.4) is 0 Å². The molecule has 0 aliphatic rings. The summed E-state index contributed by atoms with van der Waals surface area (Å²) in [6.45, 7) is 7.13. The molecule has 0 radical (unpaired) electrons. The van der Waals surface area contributed by atoms with Crippen molar-refractivity contribution in [3.63, 3.8) is 0 Å². The highest BCUT2D eigenvalue weighted by atomic mass is 16.5. The van der Waals surface area contributed by atoms with Crippen LogP contribution in [-0.2, 0) is 14.3 Å². The number of hydrogen-bond donors (Lipinski definition) is 1. The van der Waals surface area contributed by atoms with Crippen molar-refractivity contribution < 1.29 is 14.3 Å². The highest BCUT2D eigenvalue weighted by Crippen LogP contribution is 1.94. The minimum absolute atomic E-state index is 0.319. The van der Waals surface area contributed by atoms with Crippen molar-refractivity contribution in [3.05, 3.63) is 12.7 Å². The van der Waals surface area contributed by atoms with Gasteiger partial charge in [-0.05, 0) is 19.4 Å². The lowest BCUT2D eigenvalue weighted by Crippen LogP contribution is -2.40. The third kappa shape index (κ3) is 4.30. The fraction of sp³-hybridized carbons (Fsp3) is 0.556. The molecule has 13 heavy (non-hydrogen) atoms. The van der Waals surface area contributed by atoms with Crippen molar-refractivity contribution in [1.82, 2.24) is 5.32 Å². The fourth-order valence-corrected chi connectivity index (χ4v) is 0.801. The largest absolute Gasteiger partial charge is 0.464 e. The maximum atomic E-state index is 11.2. The summed E-state index contributed by atoms with van der Waals surface area (Å²) in [5, 5.41) is 2.47. The Labute approximate surface area is 78.0 Å². The van der Waals surface area contributed by atoms with Crippen LogP contribution in [0.25, 0.3) is 0 Å². The molecule has 0 spiro atoms. The Morgan fingerprint density at radius 3 is 2.54 bits per heavy atom. The molecule has 1 amide bonds. The van der Waals surface area contributed by atoms with E-state index in [1.807, 2.05) is 0 Å². The summed E-state index contributed by atoms with van der Waals surface area (Å²) in [6, 6.07) is -0.564. The molecule has 0 aromatic rings. The molecule has 0 aliphatic carbocycles. The summed E-state index contributed by atoms with van der Waals surface area (Å²) >= 11 is 0. The Kier molecular flexibility index (Phi) is 5.59. The monoisotopic (exact) mass is 185 g/mol. The molecule has 0 fully saturated rings. The van der Waals surface area contributed by atoms with Crippen LogP contribution in [0.15, 0.2) is 12.7 Å². The Morgan fingerprint density at radius 2 is 2.15 bits per heavy atom. The number of rotatable bonds is 5. The van der Waals surface area contributed by atoms with Crippen LogP contribution in [0.1, 0.15) is 20.3 Å². The van der Waals surface area contributed by atoms with Crippen LogP contribution in [-0.4, -0.2) is 24.5 Å². The van der Waals surface area contributed by atoms with E-state index in [1.54, 1.807) is 13.8 Å². The summed E-state index contributed by atoms with van der Waals surface area (Å²) in [5.41, 5.74) is 0. The van der Waals surface area contributed by atoms with E-state index in [9.17, 15) is 9.59 Å². The van der Waals surface area contributed by atoms with Crippen LogP contribution >= 0.6 is 0 Å². The molecule has 0 aliphatic heterocycles. The topological polar surface area (TPSA) is 55.4 Å².